The Bertz CT molecular complexity index is 742. The molecule has 0 spiro atoms. The highest BCUT2D eigenvalue weighted by molar-refractivity contribution is 7.22. The van der Waals surface area contributed by atoms with E-state index in [4.69, 9.17) is 5.73 Å². The zero-order valence-corrected chi connectivity index (χ0v) is 12.3. The molecule has 3 N–H and O–H groups in total. The summed E-state index contributed by atoms with van der Waals surface area (Å²) in [5, 5.41) is 9.70. The van der Waals surface area contributed by atoms with E-state index < -0.39 is 11.4 Å². The Labute approximate surface area is 125 Å². The number of carboxylic acid groups (broad SMARTS) is 1. The summed E-state index contributed by atoms with van der Waals surface area (Å²) in [7, 11) is 0. The quantitative estimate of drug-likeness (QED) is 0.882. The second-order valence-corrected chi connectivity index (χ2v) is 6.64. The van der Waals surface area contributed by atoms with Crippen LogP contribution in [0.25, 0.3) is 10.2 Å². The van der Waals surface area contributed by atoms with Crippen LogP contribution in [0.5, 0.6) is 0 Å². The molecule has 0 bridgehead atoms. The predicted molar refractivity (Wildman–Crippen MR) is 80.3 cm³/mol. The molecule has 1 amide bonds. The molecular formula is C14H15N3O3S. The number of benzene rings is 1. The van der Waals surface area contributed by atoms with Gasteiger partial charge in [0.05, 0.1) is 15.6 Å². The van der Waals surface area contributed by atoms with Gasteiger partial charge in [-0.1, -0.05) is 11.3 Å². The number of likely N-dealkylation sites (tertiary alicyclic amines) is 1. The average Bonchev–Trinajstić information content (AvgIpc) is 3.00. The van der Waals surface area contributed by atoms with E-state index in [0.29, 0.717) is 23.7 Å². The zero-order valence-electron chi connectivity index (χ0n) is 11.5. The average molecular weight is 305 g/mol. The molecule has 1 unspecified atom stereocenters. The highest BCUT2D eigenvalue weighted by atomic mass is 32.1. The van der Waals surface area contributed by atoms with Gasteiger partial charge in [0.25, 0.3) is 5.91 Å². The molecule has 1 aromatic carbocycles. The Morgan fingerprint density at radius 1 is 1.48 bits per heavy atom. The number of carbonyl (C=O) groups excluding carboxylic acids is 1. The molecule has 2 aromatic rings. The molecule has 110 valence electrons. The molecule has 0 saturated carbocycles. The SMILES string of the molecule is CC1(C(=O)O)CCN(C(=O)c2ccc3nc(N)sc3c2)C1. The van der Waals surface area contributed by atoms with Gasteiger partial charge in [0, 0.05) is 18.7 Å². The third-order valence-corrected chi connectivity index (χ3v) is 4.78. The van der Waals surface area contributed by atoms with Gasteiger partial charge in [-0.15, -0.1) is 0 Å². The first-order valence-electron chi connectivity index (χ1n) is 6.58. The van der Waals surface area contributed by atoms with Gasteiger partial charge in [-0.2, -0.15) is 0 Å². The lowest BCUT2D eigenvalue weighted by molar-refractivity contribution is -0.147. The van der Waals surface area contributed by atoms with E-state index in [0.717, 1.165) is 10.2 Å². The lowest BCUT2D eigenvalue weighted by atomic mass is 9.90. The Balaban J connectivity index is 1.86. The third kappa shape index (κ3) is 2.33. The van der Waals surface area contributed by atoms with E-state index in [1.165, 1.54) is 11.3 Å². The summed E-state index contributed by atoms with van der Waals surface area (Å²) in [6, 6.07) is 5.24. The fourth-order valence-corrected chi connectivity index (χ4v) is 3.34. The molecule has 7 heteroatoms. The number of fused-ring (bicyclic) bond motifs is 1. The highest BCUT2D eigenvalue weighted by Crippen LogP contribution is 2.32. The maximum atomic E-state index is 12.5. The number of nitrogen functional groups attached to an aromatic ring is 1. The molecule has 1 aromatic heterocycles. The van der Waals surface area contributed by atoms with Crippen molar-refractivity contribution in [2.45, 2.75) is 13.3 Å². The molecule has 21 heavy (non-hydrogen) atoms. The van der Waals surface area contributed by atoms with Gasteiger partial charge in [0.2, 0.25) is 0 Å². The van der Waals surface area contributed by atoms with Gasteiger partial charge in [0.15, 0.2) is 5.13 Å². The van der Waals surface area contributed by atoms with Crippen molar-refractivity contribution in [2.24, 2.45) is 5.41 Å². The van der Waals surface area contributed by atoms with E-state index in [1.807, 2.05) is 0 Å². The van der Waals surface area contributed by atoms with Gasteiger partial charge < -0.3 is 15.7 Å². The highest BCUT2D eigenvalue weighted by Gasteiger charge is 2.42. The molecule has 0 aliphatic carbocycles. The van der Waals surface area contributed by atoms with Crippen molar-refractivity contribution in [2.75, 3.05) is 18.8 Å². The number of rotatable bonds is 2. The number of thiazole rings is 1. The number of amides is 1. The molecule has 1 atom stereocenters. The number of carboxylic acids is 1. The lowest BCUT2D eigenvalue weighted by Crippen LogP contribution is -2.34. The molecule has 0 radical (unpaired) electrons. The molecule has 3 rings (SSSR count). The van der Waals surface area contributed by atoms with Crippen molar-refractivity contribution in [1.29, 1.82) is 0 Å². The van der Waals surface area contributed by atoms with Gasteiger partial charge in [-0.25, -0.2) is 4.98 Å². The molecule has 1 saturated heterocycles. The summed E-state index contributed by atoms with van der Waals surface area (Å²) in [6.45, 7) is 2.38. The molecule has 1 fully saturated rings. The van der Waals surface area contributed by atoms with E-state index in [1.54, 1.807) is 30.0 Å². The van der Waals surface area contributed by atoms with Crippen LogP contribution in [0.15, 0.2) is 18.2 Å². The first-order valence-corrected chi connectivity index (χ1v) is 7.39. The van der Waals surface area contributed by atoms with E-state index in [-0.39, 0.29) is 12.5 Å². The van der Waals surface area contributed by atoms with Crippen LogP contribution in [0.3, 0.4) is 0 Å². The van der Waals surface area contributed by atoms with Crippen molar-refractivity contribution in [3.05, 3.63) is 23.8 Å². The van der Waals surface area contributed by atoms with Crippen molar-refractivity contribution in [3.63, 3.8) is 0 Å². The standard InChI is InChI=1S/C14H15N3O3S/c1-14(12(19)20)4-5-17(7-14)11(18)8-2-3-9-10(6-8)21-13(15)16-9/h2-3,6H,4-5,7H2,1H3,(H2,15,16)(H,19,20). The topological polar surface area (TPSA) is 96.5 Å². The van der Waals surface area contributed by atoms with Crippen molar-refractivity contribution in [1.82, 2.24) is 9.88 Å². The lowest BCUT2D eigenvalue weighted by Gasteiger charge is -2.20. The molecular weight excluding hydrogens is 290 g/mol. The minimum Gasteiger partial charge on any atom is -0.481 e. The molecule has 1 aliphatic heterocycles. The first-order chi connectivity index (χ1) is 9.89. The van der Waals surface area contributed by atoms with E-state index >= 15 is 0 Å². The van der Waals surface area contributed by atoms with Crippen LogP contribution in [-0.4, -0.2) is 40.0 Å². The fourth-order valence-electron chi connectivity index (χ4n) is 2.57. The second kappa shape index (κ2) is 4.70. The summed E-state index contributed by atoms with van der Waals surface area (Å²) >= 11 is 1.33. The Hall–Kier alpha value is -2.15. The fraction of sp³-hybridized carbons (Fsp3) is 0.357. The summed E-state index contributed by atoms with van der Waals surface area (Å²) in [4.78, 5) is 29.5. The minimum absolute atomic E-state index is 0.145. The van der Waals surface area contributed by atoms with Crippen LogP contribution in [0.4, 0.5) is 5.13 Å². The van der Waals surface area contributed by atoms with Gasteiger partial charge >= 0.3 is 5.97 Å². The smallest absolute Gasteiger partial charge is 0.311 e. The number of carbonyl (C=O) groups is 2. The third-order valence-electron chi connectivity index (χ3n) is 3.93. The summed E-state index contributed by atoms with van der Waals surface area (Å²) in [5.41, 5.74) is 6.11. The van der Waals surface area contributed by atoms with Crippen molar-refractivity contribution >= 4 is 38.6 Å². The monoisotopic (exact) mass is 305 g/mol. The molecule has 2 heterocycles. The number of aliphatic carboxylic acids is 1. The van der Waals surface area contributed by atoms with Crippen LogP contribution >= 0.6 is 11.3 Å². The van der Waals surface area contributed by atoms with Crippen LogP contribution in [-0.2, 0) is 4.79 Å². The van der Waals surface area contributed by atoms with E-state index in [9.17, 15) is 14.7 Å². The van der Waals surface area contributed by atoms with Crippen LogP contribution in [0.2, 0.25) is 0 Å². The Morgan fingerprint density at radius 2 is 2.24 bits per heavy atom. The predicted octanol–water partition coefficient (Wildman–Crippen LogP) is 1.82. The minimum atomic E-state index is -0.858. The van der Waals surface area contributed by atoms with Gasteiger partial charge in [-0.3, -0.25) is 9.59 Å². The van der Waals surface area contributed by atoms with Crippen molar-refractivity contribution < 1.29 is 14.7 Å². The first kappa shape index (κ1) is 13.8. The van der Waals surface area contributed by atoms with Gasteiger partial charge in [-0.05, 0) is 31.5 Å². The molecule has 1 aliphatic rings. The normalized spacial score (nSPS) is 21.9. The van der Waals surface area contributed by atoms with Crippen LogP contribution in [0.1, 0.15) is 23.7 Å². The summed E-state index contributed by atoms with van der Waals surface area (Å²) < 4.78 is 0.860. The maximum Gasteiger partial charge on any atom is 0.311 e. The van der Waals surface area contributed by atoms with Crippen molar-refractivity contribution in [3.8, 4) is 0 Å². The van der Waals surface area contributed by atoms with Crippen LogP contribution < -0.4 is 5.73 Å². The second-order valence-electron chi connectivity index (χ2n) is 5.58. The van der Waals surface area contributed by atoms with Crippen LogP contribution in [0, 0.1) is 5.41 Å². The number of nitrogens with zero attached hydrogens (tertiary/aromatic N) is 2. The number of hydrogen-bond acceptors (Lipinski definition) is 5. The van der Waals surface area contributed by atoms with E-state index in [2.05, 4.69) is 4.98 Å². The molecule has 6 nitrogen and oxygen atoms in total. The van der Waals surface area contributed by atoms with Gasteiger partial charge in [0.1, 0.15) is 0 Å². The Kier molecular flexibility index (Phi) is 3.09. The summed E-state index contributed by atoms with van der Waals surface area (Å²) in [5.74, 6) is -1.00. The largest absolute Gasteiger partial charge is 0.481 e. The number of anilines is 1. The Morgan fingerprint density at radius 3 is 2.90 bits per heavy atom. The number of nitrogens with two attached hydrogens (primary N) is 1. The maximum absolute atomic E-state index is 12.5. The number of hydrogen-bond donors (Lipinski definition) is 2. The summed E-state index contributed by atoms with van der Waals surface area (Å²) in [6.07, 6.45) is 0.476. The zero-order chi connectivity index (χ0) is 15.2. The number of aromatic nitrogens is 1.